The van der Waals surface area contributed by atoms with E-state index in [2.05, 4.69) is 20.2 Å². The number of rotatable bonds is 4. The van der Waals surface area contributed by atoms with E-state index in [1.807, 2.05) is 48.0 Å². The molecule has 1 aromatic carbocycles. The third-order valence-electron chi connectivity index (χ3n) is 3.35. The summed E-state index contributed by atoms with van der Waals surface area (Å²) in [5.74, 6) is 3.06. The molecule has 110 valence electrons. The second kappa shape index (κ2) is 5.34. The summed E-state index contributed by atoms with van der Waals surface area (Å²) in [4.78, 5) is 7.87. The molecule has 0 radical (unpaired) electrons. The van der Waals surface area contributed by atoms with Gasteiger partial charge in [-0.25, -0.2) is 4.98 Å². The van der Waals surface area contributed by atoms with Gasteiger partial charge in [-0.3, -0.25) is 0 Å². The summed E-state index contributed by atoms with van der Waals surface area (Å²) in [6, 6.07) is 11.7. The first kappa shape index (κ1) is 13.1. The fraction of sp³-hybridized carbons (Fsp3) is 0.133. The Labute approximate surface area is 130 Å². The van der Waals surface area contributed by atoms with Crippen LogP contribution in [0, 0.1) is 0 Å². The zero-order valence-electron chi connectivity index (χ0n) is 11.9. The van der Waals surface area contributed by atoms with Gasteiger partial charge in [-0.2, -0.15) is 0 Å². The highest BCUT2D eigenvalue weighted by atomic mass is 32.2. The minimum Gasteiger partial charge on any atom is -0.461 e. The van der Waals surface area contributed by atoms with Gasteiger partial charge in [0.05, 0.1) is 23.0 Å². The lowest BCUT2D eigenvalue weighted by Crippen LogP contribution is -1.94. The largest absolute Gasteiger partial charge is 0.461 e. The van der Waals surface area contributed by atoms with Gasteiger partial charge in [0, 0.05) is 7.05 Å². The molecule has 0 saturated carbocycles. The molecule has 4 rings (SSSR count). The van der Waals surface area contributed by atoms with Crippen LogP contribution in [0.1, 0.15) is 5.82 Å². The summed E-state index contributed by atoms with van der Waals surface area (Å²) in [6.07, 6.45) is 1.63. The Hall–Kier alpha value is -2.54. The number of hydrogen-bond acceptors (Lipinski definition) is 5. The maximum Gasteiger partial charge on any atom is 0.200 e. The number of para-hydroxylation sites is 2. The number of nitrogens with zero attached hydrogens (tertiary/aromatic N) is 4. The monoisotopic (exact) mass is 311 g/mol. The highest BCUT2D eigenvalue weighted by Crippen LogP contribution is 2.25. The molecule has 3 heterocycles. The average Bonchev–Trinajstić information content (AvgIpc) is 3.24. The molecule has 0 bridgehead atoms. The molecule has 0 unspecified atom stereocenters. The van der Waals surface area contributed by atoms with Crippen LogP contribution < -0.4 is 0 Å². The summed E-state index contributed by atoms with van der Waals surface area (Å²) in [7, 11) is 1.93. The summed E-state index contributed by atoms with van der Waals surface area (Å²) in [5.41, 5.74) is 2.03. The maximum atomic E-state index is 5.37. The van der Waals surface area contributed by atoms with Crippen molar-refractivity contribution in [1.29, 1.82) is 0 Å². The molecule has 7 heteroatoms. The van der Waals surface area contributed by atoms with E-state index in [4.69, 9.17) is 4.42 Å². The number of nitrogens with one attached hydrogen (secondary N) is 1. The number of furan rings is 1. The number of fused-ring (bicyclic) bond motifs is 1. The molecule has 4 aromatic rings. The number of H-pyrrole nitrogens is 1. The van der Waals surface area contributed by atoms with Crippen LogP contribution >= 0.6 is 11.8 Å². The molecule has 3 aromatic heterocycles. The van der Waals surface area contributed by atoms with Crippen LogP contribution in [0.2, 0.25) is 0 Å². The normalized spacial score (nSPS) is 11.3. The van der Waals surface area contributed by atoms with Gasteiger partial charge in [-0.1, -0.05) is 23.9 Å². The molecule has 0 amide bonds. The number of imidazole rings is 1. The highest BCUT2D eigenvalue weighted by molar-refractivity contribution is 7.98. The lowest BCUT2D eigenvalue weighted by atomic mass is 10.3. The first-order valence-corrected chi connectivity index (χ1v) is 7.79. The molecule has 6 nitrogen and oxygen atoms in total. The number of aromatic amines is 1. The highest BCUT2D eigenvalue weighted by Gasteiger charge is 2.13. The van der Waals surface area contributed by atoms with E-state index in [9.17, 15) is 0 Å². The van der Waals surface area contributed by atoms with Gasteiger partial charge in [0.1, 0.15) is 5.82 Å². The van der Waals surface area contributed by atoms with Gasteiger partial charge in [-0.05, 0) is 24.3 Å². The molecule has 0 atom stereocenters. The van der Waals surface area contributed by atoms with Crippen molar-refractivity contribution >= 4 is 22.8 Å². The maximum absolute atomic E-state index is 5.37. The number of aromatic nitrogens is 5. The Morgan fingerprint density at radius 3 is 2.91 bits per heavy atom. The standard InChI is InChI=1S/C15H13N5OS/c1-20-14(12-7-4-8-21-12)18-19-15(20)22-9-13-16-10-5-2-3-6-11(10)17-13/h2-8H,9H2,1H3,(H,16,17). The summed E-state index contributed by atoms with van der Waals surface area (Å²) < 4.78 is 7.29. The lowest BCUT2D eigenvalue weighted by molar-refractivity contribution is 0.572. The minimum absolute atomic E-state index is 0.707. The van der Waals surface area contributed by atoms with Gasteiger partial charge < -0.3 is 14.0 Å². The quantitative estimate of drug-likeness (QED) is 0.586. The topological polar surface area (TPSA) is 72.5 Å². The van der Waals surface area contributed by atoms with Gasteiger partial charge in [0.2, 0.25) is 0 Å². The van der Waals surface area contributed by atoms with Gasteiger partial charge in [0.25, 0.3) is 0 Å². The second-order valence-corrected chi connectivity index (χ2v) is 5.77. The Balaban J connectivity index is 1.54. The van der Waals surface area contributed by atoms with E-state index >= 15 is 0 Å². The molecule has 0 aliphatic heterocycles. The first-order chi connectivity index (χ1) is 10.8. The third-order valence-corrected chi connectivity index (χ3v) is 4.38. The van der Waals surface area contributed by atoms with E-state index in [1.54, 1.807) is 18.0 Å². The van der Waals surface area contributed by atoms with Crippen LogP contribution in [0.25, 0.3) is 22.6 Å². The molecular weight excluding hydrogens is 298 g/mol. The summed E-state index contributed by atoms with van der Waals surface area (Å²) >= 11 is 1.59. The minimum atomic E-state index is 0.707. The van der Waals surface area contributed by atoms with Crippen LogP contribution in [-0.4, -0.2) is 24.7 Å². The summed E-state index contributed by atoms with van der Waals surface area (Å²) in [5, 5.41) is 9.22. The molecule has 1 N–H and O–H groups in total. The molecule has 22 heavy (non-hydrogen) atoms. The van der Waals surface area contributed by atoms with E-state index in [0.29, 0.717) is 11.5 Å². The smallest absolute Gasteiger partial charge is 0.200 e. The molecule has 0 saturated heterocycles. The molecule has 0 fully saturated rings. The van der Waals surface area contributed by atoms with Crippen molar-refractivity contribution in [3.8, 4) is 11.6 Å². The van der Waals surface area contributed by atoms with E-state index in [-0.39, 0.29) is 0 Å². The second-order valence-electron chi connectivity index (χ2n) is 4.83. The fourth-order valence-electron chi connectivity index (χ4n) is 2.27. The summed E-state index contributed by atoms with van der Waals surface area (Å²) in [6.45, 7) is 0. The van der Waals surface area contributed by atoms with Crippen LogP contribution in [-0.2, 0) is 12.8 Å². The van der Waals surface area contributed by atoms with Crippen molar-refractivity contribution < 1.29 is 4.42 Å². The van der Waals surface area contributed by atoms with Crippen LogP contribution in [0.5, 0.6) is 0 Å². The SMILES string of the molecule is Cn1c(SCc2nc3ccccc3[nH]2)nnc1-c1ccco1. The predicted octanol–water partition coefficient (Wildman–Crippen LogP) is 3.24. The van der Waals surface area contributed by atoms with Crippen molar-refractivity contribution in [3.63, 3.8) is 0 Å². The first-order valence-electron chi connectivity index (χ1n) is 6.81. The van der Waals surface area contributed by atoms with Crippen molar-refractivity contribution in [2.75, 3.05) is 0 Å². The van der Waals surface area contributed by atoms with Crippen molar-refractivity contribution in [2.45, 2.75) is 10.9 Å². The Bertz CT molecular complexity index is 876. The average molecular weight is 311 g/mol. The molecule has 0 aliphatic carbocycles. The molecule has 0 aliphatic rings. The van der Waals surface area contributed by atoms with Crippen LogP contribution in [0.3, 0.4) is 0 Å². The fourth-order valence-corrected chi connectivity index (χ4v) is 3.05. The third kappa shape index (κ3) is 2.29. The Morgan fingerprint density at radius 1 is 1.18 bits per heavy atom. The Morgan fingerprint density at radius 2 is 2.09 bits per heavy atom. The number of thioether (sulfide) groups is 1. The van der Waals surface area contributed by atoms with Crippen molar-refractivity contribution in [3.05, 3.63) is 48.5 Å². The van der Waals surface area contributed by atoms with Crippen molar-refractivity contribution in [1.82, 2.24) is 24.7 Å². The van der Waals surface area contributed by atoms with E-state index in [1.165, 1.54) is 0 Å². The van der Waals surface area contributed by atoms with E-state index in [0.717, 1.165) is 27.8 Å². The lowest BCUT2D eigenvalue weighted by Gasteiger charge is -2.00. The number of hydrogen-bond donors (Lipinski definition) is 1. The zero-order valence-corrected chi connectivity index (χ0v) is 12.7. The van der Waals surface area contributed by atoms with Crippen LogP contribution in [0.15, 0.2) is 52.2 Å². The van der Waals surface area contributed by atoms with E-state index < -0.39 is 0 Å². The molecule has 0 spiro atoms. The van der Waals surface area contributed by atoms with Crippen molar-refractivity contribution in [2.24, 2.45) is 7.05 Å². The number of benzene rings is 1. The van der Waals surface area contributed by atoms with Gasteiger partial charge in [-0.15, -0.1) is 10.2 Å². The van der Waals surface area contributed by atoms with Gasteiger partial charge in [0.15, 0.2) is 16.7 Å². The zero-order chi connectivity index (χ0) is 14.9. The molecular formula is C15H13N5OS. The van der Waals surface area contributed by atoms with Crippen LogP contribution in [0.4, 0.5) is 0 Å². The Kier molecular flexibility index (Phi) is 3.19. The predicted molar refractivity (Wildman–Crippen MR) is 84.4 cm³/mol. The van der Waals surface area contributed by atoms with Gasteiger partial charge >= 0.3 is 0 Å².